The zero-order chi connectivity index (χ0) is 28.7. The molecule has 11 nitrogen and oxygen atoms in total. The van der Waals surface area contributed by atoms with Gasteiger partial charge < -0.3 is 15.0 Å². The molecule has 1 amide bonds. The van der Waals surface area contributed by atoms with E-state index in [0.29, 0.717) is 34.1 Å². The molecule has 204 valence electrons. The van der Waals surface area contributed by atoms with Crippen LogP contribution in [-0.2, 0) is 4.79 Å². The molecule has 1 N–H and O–H groups in total. The number of anilines is 2. The molecular formula is C26H27Cl2N7O4. The number of carbonyl (C=O) groups is 1. The second kappa shape index (κ2) is 13.1. The number of amides is 1. The SMILES string of the molecule is CCN(CC)c1ccc(N=Nc2cc(C)c(N=Nc3c(Cl)cc([N+](=O)[O-])cc3Cl)cc2OC)c(NC(C)=O)c1. The average molecular weight is 572 g/mol. The smallest absolute Gasteiger partial charge is 0.272 e. The molecule has 0 unspecified atom stereocenters. The number of methoxy groups -OCH3 is 1. The van der Waals surface area contributed by atoms with Crippen molar-refractivity contribution in [3.63, 3.8) is 0 Å². The first-order chi connectivity index (χ1) is 18.6. The quantitative estimate of drug-likeness (QED) is 0.147. The third-order valence-electron chi connectivity index (χ3n) is 5.65. The Balaban J connectivity index is 1.95. The lowest BCUT2D eigenvalue weighted by molar-refractivity contribution is -0.384. The highest BCUT2D eigenvalue weighted by Gasteiger charge is 2.15. The Morgan fingerprint density at radius 1 is 0.974 bits per heavy atom. The van der Waals surface area contributed by atoms with E-state index in [1.54, 1.807) is 25.1 Å². The lowest BCUT2D eigenvalue weighted by Crippen LogP contribution is -2.21. The van der Waals surface area contributed by atoms with Crippen LogP contribution < -0.4 is 15.0 Å². The second-order valence-corrected chi connectivity index (χ2v) is 9.10. The number of hydrogen-bond donors (Lipinski definition) is 1. The van der Waals surface area contributed by atoms with Crippen LogP contribution in [0.15, 0.2) is 62.9 Å². The van der Waals surface area contributed by atoms with Gasteiger partial charge >= 0.3 is 0 Å². The summed E-state index contributed by atoms with van der Waals surface area (Å²) in [5.41, 5.74) is 3.40. The predicted molar refractivity (Wildman–Crippen MR) is 154 cm³/mol. The fourth-order valence-corrected chi connectivity index (χ4v) is 4.21. The number of carbonyl (C=O) groups excluding carboxylic acids is 1. The van der Waals surface area contributed by atoms with Crippen LogP contribution in [0.5, 0.6) is 5.75 Å². The molecule has 0 saturated carbocycles. The van der Waals surface area contributed by atoms with Crippen molar-refractivity contribution in [1.82, 2.24) is 0 Å². The Morgan fingerprint density at radius 2 is 1.59 bits per heavy atom. The van der Waals surface area contributed by atoms with Gasteiger partial charge in [-0.25, -0.2) is 0 Å². The number of rotatable bonds is 10. The van der Waals surface area contributed by atoms with Gasteiger partial charge in [0.1, 0.15) is 22.8 Å². The van der Waals surface area contributed by atoms with Crippen LogP contribution in [0.3, 0.4) is 0 Å². The molecule has 0 aliphatic carbocycles. The van der Waals surface area contributed by atoms with Crippen molar-refractivity contribution >= 4 is 68.9 Å². The van der Waals surface area contributed by atoms with Gasteiger partial charge in [-0.3, -0.25) is 14.9 Å². The van der Waals surface area contributed by atoms with Gasteiger partial charge in [-0.15, -0.1) is 15.3 Å². The summed E-state index contributed by atoms with van der Waals surface area (Å²) in [4.78, 5) is 24.4. The van der Waals surface area contributed by atoms with Gasteiger partial charge in [-0.2, -0.15) is 5.11 Å². The Bertz CT molecular complexity index is 1430. The van der Waals surface area contributed by atoms with Crippen LogP contribution in [0.4, 0.5) is 39.8 Å². The molecule has 0 fully saturated rings. The highest BCUT2D eigenvalue weighted by Crippen LogP contribution is 2.40. The molecule has 0 aliphatic rings. The minimum atomic E-state index is -0.598. The van der Waals surface area contributed by atoms with E-state index in [4.69, 9.17) is 27.9 Å². The van der Waals surface area contributed by atoms with Gasteiger partial charge in [-0.1, -0.05) is 23.2 Å². The number of nitrogens with zero attached hydrogens (tertiary/aromatic N) is 6. The molecule has 0 radical (unpaired) electrons. The average Bonchev–Trinajstić information content (AvgIpc) is 2.88. The van der Waals surface area contributed by atoms with E-state index in [0.717, 1.165) is 30.9 Å². The zero-order valence-electron chi connectivity index (χ0n) is 22.0. The fourth-order valence-electron chi connectivity index (χ4n) is 3.66. The minimum absolute atomic E-state index is 0.00465. The number of nitro benzene ring substituents is 1. The number of benzene rings is 3. The molecule has 13 heteroatoms. The van der Waals surface area contributed by atoms with E-state index in [9.17, 15) is 14.9 Å². The molecule has 0 aromatic heterocycles. The molecule has 0 bridgehead atoms. The Hall–Kier alpha value is -4.09. The molecule has 3 aromatic rings. The van der Waals surface area contributed by atoms with Gasteiger partial charge in [-0.05, 0) is 50.6 Å². The summed E-state index contributed by atoms with van der Waals surface area (Å²) >= 11 is 12.3. The highest BCUT2D eigenvalue weighted by atomic mass is 35.5. The molecule has 0 atom stereocenters. The summed E-state index contributed by atoms with van der Waals surface area (Å²) in [5, 5.41) is 30.8. The Labute approximate surface area is 235 Å². The van der Waals surface area contributed by atoms with Crippen molar-refractivity contribution in [2.75, 3.05) is 30.4 Å². The highest BCUT2D eigenvalue weighted by molar-refractivity contribution is 6.39. The van der Waals surface area contributed by atoms with Gasteiger partial charge in [0.05, 0.1) is 33.5 Å². The van der Waals surface area contributed by atoms with Crippen LogP contribution in [0, 0.1) is 17.0 Å². The van der Waals surface area contributed by atoms with Crippen LogP contribution in [0.1, 0.15) is 26.3 Å². The maximum atomic E-state index is 11.8. The first kappa shape index (κ1) is 29.5. The van der Waals surface area contributed by atoms with Crippen molar-refractivity contribution < 1.29 is 14.5 Å². The van der Waals surface area contributed by atoms with Gasteiger partial charge in [0.2, 0.25) is 5.91 Å². The molecule has 0 aliphatic heterocycles. The summed E-state index contributed by atoms with van der Waals surface area (Å²) in [6.07, 6.45) is 0. The second-order valence-electron chi connectivity index (χ2n) is 8.28. The third kappa shape index (κ3) is 7.27. The third-order valence-corrected chi connectivity index (χ3v) is 6.23. The van der Waals surface area contributed by atoms with Crippen molar-refractivity contribution in [1.29, 1.82) is 0 Å². The van der Waals surface area contributed by atoms with Crippen LogP contribution >= 0.6 is 23.2 Å². The lowest BCUT2D eigenvalue weighted by Gasteiger charge is -2.22. The number of azo groups is 2. The lowest BCUT2D eigenvalue weighted by atomic mass is 10.1. The number of nitro groups is 1. The standard InChI is InChI=1S/C26H27Cl2N7O4/c1-6-34(7-2)17-8-9-21(23(13-17)29-16(4)36)30-32-24-10-15(3)22(14-25(24)39-5)31-33-26-19(27)11-18(35(37)38)12-20(26)28/h8-14H,6-7H2,1-5H3,(H,29,36). The number of non-ortho nitro benzene ring substituents is 1. The summed E-state index contributed by atoms with van der Waals surface area (Å²) in [7, 11) is 1.48. The van der Waals surface area contributed by atoms with E-state index in [1.807, 2.05) is 12.1 Å². The van der Waals surface area contributed by atoms with E-state index < -0.39 is 4.92 Å². The largest absolute Gasteiger partial charge is 0.494 e. The van der Waals surface area contributed by atoms with Gasteiger partial charge in [0, 0.05) is 43.9 Å². The molecule has 39 heavy (non-hydrogen) atoms. The summed E-state index contributed by atoms with van der Waals surface area (Å²) in [6, 6.07) is 11.2. The van der Waals surface area contributed by atoms with Gasteiger partial charge in [0.15, 0.2) is 0 Å². The zero-order valence-corrected chi connectivity index (χ0v) is 23.5. The topological polar surface area (TPSA) is 134 Å². The van der Waals surface area contributed by atoms with E-state index in [1.165, 1.54) is 14.0 Å². The van der Waals surface area contributed by atoms with Crippen molar-refractivity contribution in [2.24, 2.45) is 20.5 Å². The Morgan fingerprint density at radius 3 is 2.15 bits per heavy atom. The molecule has 0 saturated heterocycles. The monoisotopic (exact) mass is 571 g/mol. The van der Waals surface area contributed by atoms with Gasteiger partial charge in [0.25, 0.3) is 5.69 Å². The minimum Gasteiger partial charge on any atom is -0.494 e. The van der Waals surface area contributed by atoms with Crippen LogP contribution in [0.2, 0.25) is 10.0 Å². The van der Waals surface area contributed by atoms with E-state index >= 15 is 0 Å². The van der Waals surface area contributed by atoms with E-state index in [2.05, 4.69) is 44.5 Å². The van der Waals surface area contributed by atoms with Crippen molar-refractivity contribution in [3.8, 4) is 5.75 Å². The summed E-state index contributed by atoms with van der Waals surface area (Å²) in [6.45, 7) is 8.98. The first-order valence-corrected chi connectivity index (χ1v) is 12.7. The van der Waals surface area contributed by atoms with Crippen molar-refractivity contribution in [3.05, 3.63) is 68.2 Å². The number of aryl methyl sites for hydroxylation is 1. The number of nitrogens with one attached hydrogen (secondary N) is 1. The summed E-state index contributed by atoms with van der Waals surface area (Å²) < 4.78 is 5.49. The number of ether oxygens (including phenoxy) is 1. The number of halogens is 2. The maximum absolute atomic E-state index is 11.8. The molecule has 0 spiro atoms. The van der Waals surface area contributed by atoms with Crippen LogP contribution in [-0.4, -0.2) is 31.0 Å². The summed E-state index contributed by atoms with van der Waals surface area (Å²) in [5.74, 6) is 0.152. The molecular weight excluding hydrogens is 545 g/mol. The molecule has 3 aromatic carbocycles. The normalized spacial score (nSPS) is 11.3. The van der Waals surface area contributed by atoms with Crippen molar-refractivity contribution in [2.45, 2.75) is 27.7 Å². The maximum Gasteiger partial charge on any atom is 0.272 e. The molecule has 3 rings (SSSR count). The Kier molecular flexibility index (Phi) is 9.91. The number of hydrogen-bond acceptors (Lipinski definition) is 9. The van der Waals surface area contributed by atoms with Crippen LogP contribution in [0.25, 0.3) is 0 Å². The predicted octanol–water partition coefficient (Wildman–Crippen LogP) is 8.85. The van der Waals surface area contributed by atoms with E-state index in [-0.39, 0.29) is 27.3 Å². The molecule has 0 heterocycles. The first-order valence-electron chi connectivity index (χ1n) is 11.9. The fraction of sp³-hybridized carbons (Fsp3) is 0.269.